The molecule has 2 heterocycles. The SMILES string of the molecule is CCCCc1nc2ccc(Br)cc2c(=O)n1N=Cc1cc(-c2ccccc2)n(-c2ccc(C(=O)OC)cc2)c1-c1ccccc1. The Morgan fingerprint density at radius 3 is 2.27 bits per heavy atom. The number of nitrogens with zero attached hydrogens (tertiary/aromatic N) is 4. The lowest BCUT2D eigenvalue weighted by Crippen LogP contribution is -2.22. The van der Waals surface area contributed by atoms with Crippen LogP contribution in [0.15, 0.2) is 124 Å². The Hall–Kier alpha value is -5.08. The third-order valence-corrected chi connectivity index (χ3v) is 8.13. The lowest BCUT2D eigenvalue weighted by Gasteiger charge is -2.15. The Morgan fingerprint density at radius 2 is 1.60 bits per heavy atom. The highest BCUT2D eigenvalue weighted by molar-refractivity contribution is 9.10. The van der Waals surface area contributed by atoms with Crippen LogP contribution < -0.4 is 5.56 Å². The third-order valence-electron chi connectivity index (χ3n) is 7.64. The molecule has 0 fully saturated rings. The highest BCUT2D eigenvalue weighted by atomic mass is 79.9. The average molecular weight is 660 g/mol. The molecule has 0 saturated carbocycles. The van der Waals surface area contributed by atoms with Crippen molar-refractivity contribution >= 4 is 39.0 Å². The summed E-state index contributed by atoms with van der Waals surface area (Å²) in [7, 11) is 1.37. The summed E-state index contributed by atoms with van der Waals surface area (Å²) >= 11 is 3.49. The molecule has 45 heavy (non-hydrogen) atoms. The fourth-order valence-electron chi connectivity index (χ4n) is 5.40. The van der Waals surface area contributed by atoms with Crippen molar-refractivity contribution in [2.75, 3.05) is 7.11 Å². The van der Waals surface area contributed by atoms with Crippen LogP contribution in [0.25, 0.3) is 39.1 Å². The van der Waals surface area contributed by atoms with Gasteiger partial charge in [0.1, 0.15) is 5.82 Å². The van der Waals surface area contributed by atoms with Gasteiger partial charge < -0.3 is 9.30 Å². The second-order valence-electron chi connectivity index (χ2n) is 10.6. The topological polar surface area (TPSA) is 78.5 Å². The van der Waals surface area contributed by atoms with E-state index in [2.05, 4.69) is 57.8 Å². The quantitative estimate of drug-likeness (QED) is 0.116. The van der Waals surface area contributed by atoms with E-state index in [9.17, 15) is 9.59 Å². The first-order valence-corrected chi connectivity index (χ1v) is 15.6. The predicted molar refractivity (Wildman–Crippen MR) is 183 cm³/mol. The molecule has 0 spiro atoms. The minimum atomic E-state index is -0.395. The van der Waals surface area contributed by atoms with Crippen molar-refractivity contribution in [2.45, 2.75) is 26.2 Å². The van der Waals surface area contributed by atoms with E-state index in [-0.39, 0.29) is 5.56 Å². The molecule has 0 aliphatic rings. The number of carbonyl (C=O) groups is 1. The van der Waals surface area contributed by atoms with E-state index in [0.717, 1.165) is 51.1 Å². The number of hydrogen-bond acceptors (Lipinski definition) is 5. The highest BCUT2D eigenvalue weighted by Gasteiger charge is 2.20. The minimum Gasteiger partial charge on any atom is -0.465 e. The summed E-state index contributed by atoms with van der Waals surface area (Å²) < 4.78 is 9.32. The first kappa shape index (κ1) is 30.0. The van der Waals surface area contributed by atoms with Crippen LogP contribution >= 0.6 is 15.9 Å². The van der Waals surface area contributed by atoms with Gasteiger partial charge in [0.25, 0.3) is 5.56 Å². The predicted octanol–water partition coefficient (Wildman–Crippen LogP) is 8.30. The second kappa shape index (κ2) is 13.3. The number of rotatable bonds is 9. The van der Waals surface area contributed by atoms with E-state index in [1.54, 1.807) is 24.4 Å². The summed E-state index contributed by atoms with van der Waals surface area (Å²) in [6, 6.07) is 35.1. The number of aryl methyl sites for hydroxylation is 1. The molecule has 0 N–H and O–H groups in total. The molecule has 0 atom stereocenters. The Balaban J connectivity index is 1.59. The Kier molecular flexibility index (Phi) is 8.84. The number of methoxy groups -OCH3 is 1. The molecule has 0 radical (unpaired) electrons. The Labute approximate surface area is 269 Å². The molecule has 7 nitrogen and oxygen atoms in total. The Bertz CT molecular complexity index is 2070. The first-order chi connectivity index (χ1) is 22.0. The van der Waals surface area contributed by atoms with Gasteiger partial charge in [0, 0.05) is 22.1 Å². The van der Waals surface area contributed by atoms with Gasteiger partial charge in [-0.05, 0) is 66.1 Å². The van der Waals surface area contributed by atoms with Crippen LogP contribution in [0.4, 0.5) is 0 Å². The molecule has 0 aliphatic carbocycles. The van der Waals surface area contributed by atoms with Crippen molar-refractivity contribution in [3.8, 4) is 28.2 Å². The van der Waals surface area contributed by atoms with E-state index >= 15 is 0 Å². The lowest BCUT2D eigenvalue weighted by molar-refractivity contribution is 0.0600. The summed E-state index contributed by atoms with van der Waals surface area (Å²) in [6.07, 6.45) is 4.23. The summed E-state index contributed by atoms with van der Waals surface area (Å²) in [5.41, 5.74) is 6.38. The van der Waals surface area contributed by atoms with Crippen molar-refractivity contribution in [1.29, 1.82) is 0 Å². The molecule has 6 aromatic rings. The number of fused-ring (bicyclic) bond motifs is 1. The number of carbonyl (C=O) groups excluding carboxylic acids is 1. The number of ether oxygens (including phenoxy) is 1. The van der Waals surface area contributed by atoms with Gasteiger partial charge in [0.2, 0.25) is 0 Å². The van der Waals surface area contributed by atoms with Crippen molar-refractivity contribution in [2.24, 2.45) is 5.10 Å². The molecule has 0 bridgehead atoms. The molecular weight excluding hydrogens is 628 g/mol. The zero-order valence-corrected chi connectivity index (χ0v) is 26.6. The van der Waals surface area contributed by atoms with Crippen LogP contribution in [0.3, 0.4) is 0 Å². The molecule has 4 aromatic carbocycles. The van der Waals surface area contributed by atoms with E-state index < -0.39 is 5.97 Å². The van der Waals surface area contributed by atoms with Crippen molar-refractivity contribution < 1.29 is 9.53 Å². The smallest absolute Gasteiger partial charge is 0.337 e. The average Bonchev–Trinajstić information content (AvgIpc) is 3.47. The van der Waals surface area contributed by atoms with E-state index in [1.807, 2.05) is 60.7 Å². The molecule has 0 aliphatic heterocycles. The number of benzene rings is 4. The van der Waals surface area contributed by atoms with Gasteiger partial charge >= 0.3 is 5.97 Å². The molecule has 6 rings (SSSR count). The number of aromatic nitrogens is 3. The van der Waals surface area contributed by atoms with Crippen LogP contribution in [0.5, 0.6) is 0 Å². The minimum absolute atomic E-state index is 0.217. The maximum atomic E-state index is 13.8. The molecular formula is C37H31BrN4O3. The molecule has 8 heteroatoms. The zero-order valence-electron chi connectivity index (χ0n) is 25.0. The van der Waals surface area contributed by atoms with Gasteiger partial charge in [-0.15, -0.1) is 0 Å². The molecule has 224 valence electrons. The Morgan fingerprint density at radius 1 is 0.911 bits per heavy atom. The summed E-state index contributed by atoms with van der Waals surface area (Å²) in [5.74, 6) is 0.226. The maximum absolute atomic E-state index is 13.8. The van der Waals surface area contributed by atoms with Crippen molar-refractivity contribution in [3.63, 3.8) is 0 Å². The molecule has 0 amide bonds. The van der Waals surface area contributed by atoms with Crippen LogP contribution in [-0.4, -0.2) is 33.5 Å². The summed E-state index contributed by atoms with van der Waals surface area (Å²) in [5, 5.41) is 5.31. The zero-order chi connectivity index (χ0) is 31.3. The van der Waals surface area contributed by atoms with E-state index in [0.29, 0.717) is 28.7 Å². The van der Waals surface area contributed by atoms with Crippen molar-refractivity contribution in [1.82, 2.24) is 14.2 Å². The fourth-order valence-corrected chi connectivity index (χ4v) is 5.77. The van der Waals surface area contributed by atoms with Gasteiger partial charge in [-0.3, -0.25) is 4.79 Å². The fraction of sp³-hybridized carbons (Fsp3) is 0.135. The van der Waals surface area contributed by atoms with E-state index in [1.165, 1.54) is 11.8 Å². The van der Waals surface area contributed by atoms with Gasteiger partial charge in [-0.1, -0.05) is 89.9 Å². The van der Waals surface area contributed by atoms with Gasteiger partial charge in [0.15, 0.2) is 0 Å². The molecule has 2 aromatic heterocycles. The number of hydrogen-bond donors (Lipinski definition) is 0. The van der Waals surface area contributed by atoms with Crippen LogP contribution in [-0.2, 0) is 11.2 Å². The molecule has 0 unspecified atom stereocenters. The second-order valence-corrected chi connectivity index (χ2v) is 11.5. The number of esters is 1. The van der Waals surface area contributed by atoms with E-state index in [4.69, 9.17) is 14.8 Å². The number of unbranched alkanes of at least 4 members (excludes halogenated alkanes) is 1. The maximum Gasteiger partial charge on any atom is 0.337 e. The standard InChI is InChI=1S/C37H31BrN4O3/c1-3-4-15-34-40-32-21-18-29(38)23-31(32)36(43)42(34)39-24-28-22-33(25-11-7-5-8-12-25)41(35(28)26-13-9-6-10-14-26)30-19-16-27(17-20-30)37(44)45-2/h5-14,16-24H,3-4,15H2,1-2H3. The summed E-state index contributed by atoms with van der Waals surface area (Å²) in [6.45, 7) is 2.11. The lowest BCUT2D eigenvalue weighted by atomic mass is 10.1. The highest BCUT2D eigenvalue weighted by Crippen LogP contribution is 2.35. The molecule has 0 saturated heterocycles. The number of halogens is 1. The third kappa shape index (κ3) is 6.14. The monoisotopic (exact) mass is 658 g/mol. The van der Waals surface area contributed by atoms with Crippen LogP contribution in [0.2, 0.25) is 0 Å². The van der Waals surface area contributed by atoms with Crippen LogP contribution in [0.1, 0.15) is 41.5 Å². The summed E-state index contributed by atoms with van der Waals surface area (Å²) in [4.78, 5) is 30.9. The van der Waals surface area contributed by atoms with Gasteiger partial charge in [0.05, 0.1) is 41.2 Å². The van der Waals surface area contributed by atoms with Gasteiger partial charge in [-0.2, -0.15) is 9.78 Å². The first-order valence-electron chi connectivity index (χ1n) is 14.8. The largest absolute Gasteiger partial charge is 0.465 e. The van der Waals surface area contributed by atoms with Crippen molar-refractivity contribution in [3.05, 3.63) is 141 Å². The van der Waals surface area contributed by atoms with Gasteiger partial charge in [-0.25, -0.2) is 9.78 Å². The normalized spacial score (nSPS) is 11.4. The van der Waals surface area contributed by atoms with Crippen LogP contribution in [0, 0.1) is 0 Å².